The van der Waals surface area contributed by atoms with Crippen molar-refractivity contribution in [3.05, 3.63) is 79.4 Å². The molecule has 3 heterocycles. The molecule has 0 saturated heterocycles. The van der Waals surface area contributed by atoms with E-state index in [0.717, 1.165) is 44.9 Å². The second-order valence-corrected chi connectivity index (χ2v) is 9.11. The van der Waals surface area contributed by atoms with Gasteiger partial charge in [0.1, 0.15) is 17.7 Å². The summed E-state index contributed by atoms with van der Waals surface area (Å²) in [6.07, 6.45) is 10.7. The molecular weight excluding hydrogens is 468 g/mol. The quantitative estimate of drug-likeness (QED) is 0.224. The Morgan fingerprint density at radius 2 is 1.71 bits per heavy atom. The van der Waals surface area contributed by atoms with Crippen LogP contribution in [0.3, 0.4) is 0 Å². The first-order valence-corrected chi connectivity index (χ1v) is 13.8. The van der Waals surface area contributed by atoms with E-state index < -0.39 is 0 Å². The van der Waals surface area contributed by atoms with Gasteiger partial charge in [-0.25, -0.2) is 15.0 Å². The Morgan fingerprint density at radius 3 is 2.42 bits per heavy atom. The highest BCUT2D eigenvalue weighted by atomic mass is 15.0. The number of rotatable bonds is 8. The summed E-state index contributed by atoms with van der Waals surface area (Å²) >= 11 is 0. The smallest absolute Gasteiger partial charge is 0.150 e. The van der Waals surface area contributed by atoms with E-state index in [1.54, 1.807) is 12.5 Å². The lowest BCUT2D eigenvalue weighted by Crippen LogP contribution is -2.17. The summed E-state index contributed by atoms with van der Waals surface area (Å²) < 4.78 is 1.88. The first-order chi connectivity index (χ1) is 18.6. The normalized spacial score (nSPS) is 11.4. The summed E-state index contributed by atoms with van der Waals surface area (Å²) in [5.74, 6) is 1.37. The van der Waals surface area contributed by atoms with Gasteiger partial charge in [0.05, 0.1) is 16.9 Å². The van der Waals surface area contributed by atoms with Crippen molar-refractivity contribution in [1.82, 2.24) is 24.7 Å². The highest BCUT2D eigenvalue weighted by Gasteiger charge is 2.12. The van der Waals surface area contributed by atoms with Crippen LogP contribution in [-0.4, -0.2) is 32.9 Å². The molecule has 6 heteroatoms. The number of nitrogens with zero attached hydrogens (tertiary/aromatic N) is 4. The first-order valence-electron chi connectivity index (χ1n) is 13.8. The lowest BCUT2D eigenvalue weighted by Gasteiger charge is -2.12. The summed E-state index contributed by atoms with van der Waals surface area (Å²) in [4.78, 5) is 13.5. The van der Waals surface area contributed by atoms with Crippen molar-refractivity contribution in [2.75, 3.05) is 19.3 Å². The third-order valence-electron chi connectivity index (χ3n) is 6.55. The van der Waals surface area contributed by atoms with Crippen molar-refractivity contribution in [2.45, 2.75) is 53.4 Å². The van der Waals surface area contributed by atoms with Crippen LogP contribution in [0.15, 0.2) is 79.4 Å². The predicted molar refractivity (Wildman–Crippen MR) is 162 cm³/mol. The Labute approximate surface area is 227 Å². The Bertz CT molecular complexity index is 1390. The SMILES string of the molecule is CC.CCCCC(CC)CNC.Nc1nccn2cnc(-c3ccc4ccc(-c5ccccc5)nc4c3)c12. The summed E-state index contributed by atoms with van der Waals surface area (Å²) in [5, 5.41) is 4.31. The second kappa shape index (κ2) is 14.8. The van der Waals surface area contributed by atoms with E-state index in [2.05, 4.69) is 59.5 Å². The minimum atomic E-state index is 0.464. The number of nitrogen functional groups attached to an aromatic ring is 1. The molecular formula is C32H42N6. The van der Waals surface area contributed by atoms with Crippen molar-refractivity contribution < 1.29 is 0 Å². The molecule has 0 bridgehead atoms. The number of imidazole rings is 1. The van der Waals surface area contributed by atoms with Crippen LogP contribution in [-0.2, 0) is 0 Å². The van der Waals surface area contributed by atoms with Crippen LogP contribution in [0.4, 0.5) is 5.82 Å². The topological polar surface area (TPSA) is 81.1 Å². The molecule has 1 unspecified atom stereocenters. The number of unbranched alkanes of at least 4 members (excludes halogenated alkanes) is 1. The molecule has 0 fully saturated rings. The Balaban J connectivity index is 0.000000285. The molecule has 3 aromatic heterocycles. The van der Waals surface area contributed by atoms with E-state index in [1.165, 1.54) is 32.2 Å². The zero-order valence-electron chi connectivity index (χ0n) is 23.5. The fraction of sp³-hybridized carbons (Fsp3) is 0.344. The van der Waals surface area contributed by atoms with Gasteiger partial charge in [0, 0.05) is 28.9 Å². The van der Waals surface area contributed by atoms with Gasteiger partial charge in [0.25, 0.3) is 0 Å². The van der Waals surface area contributed by atoms with Crippen molar-refractivity contribution in [1.29, 1.82) is 0 Å². The molecule has 200 valence electrons. The van der Waals surface area contributed by atoms with Gasteiger partial charge in [-0.1, -0.05) is 95.5 Å². The van der Waals surface area contributed by atoms with Crippen molar-refractivity contribution >= 4 is 22.2 Å². The van der Waals surface area contributed by atoms with Gasteiger partial charge in [-0.15, -0.1) is 0 Å². The number of fused-ring (bicyclic) bond motifs is 2. The van der Waals surface area contributed by atoms with Gasteiger partial charge in [0.2, 0.25) is 0 Å². The number of hydrogen-bond acceptors (Lipinski definition) is 5. The number of hydrogen-bond donors (Lipinski definition) is 2. The van der Waals surface area contributed by atoms with E-state index >= 15 is 0 Å². The molecule has 0 amide bonds. The number of nitrogens with one attached hydrogen (secondary N) is 1. The predicted octanol–water partition coefficient (Wildman–Crippen LogP) is 7.64. The van der Waals surface area contributed by atoms with Gasteiger partial charge in [0.15, 0.2) is 0 Å². The van der Waals surface area contributed by atoms with Gasteiger partial charge >= 0.3 is 0 Å². The third kappa shape index (κ3) is 7.17. The molecule has 38 heavy (non-hydrogen) atoms. The van der Waals surface area contributed by atoms with Crippen LogP contribution >= 0.6 is 0 Å². The van der Waals surface area contributed by atoms with Gasteiger partial charge in [-0.2, -0.15) is 0 Å². The van der Waals surface area contributed by atoms with Gasteiger partial charge in [-0.05, 0) is 38.1 Å². The maximum absolute atomic E-state index is 6.06. The zero-order valence-corrected chi connectivity index (χ0v) is 23.5. The lowest BCUT2D eigenvalue weighted by atomic mass is 10.00. The monoisotopic (exact) mass is 510 g/mol. The molecule has 2 aromatic carbocycles. The van der Waals surface area contributed by atoms with E-state index in [-0.39, 0.29) is 0 Å². The summed E-state index contributed by atoms with van der Waals surface area (Å²) in [6.45, 7) is 9.72. The molecule has 6 nitrogen and oxygen atoms in total. The molecule has 5 aromatic rings. The Morgan fingerprint density at radius 1 is 0.947 bits per heavy atom. The van der Waals surface area contributed by atoms with Crippen LogP contribution < -0.4 is 11.1 Å². The summed E-state index contributed by atoms with van der Waals surface area (Å²) in [5.41, 5.74) is 11.6. The van der Waals surface area contributed by atoms with Crippen LogP contribution in [0.1, 0.15) is 53.4 Å². The van der Waals surface area contributed by atoms with Crippen LogP contribution in [0.25, 0.3) is 38.9 Å². The van der Waals surface area contributed by atoms with E-state index in [9.17, 15) is 0 Å². The van der Waals surface area contributed by atoms with E-state index in [4.69, 9.17) is 10.7 Å². The third-order valence-corrected chi connectivity index (χ3v) is 6.55. The molecule has 3 N–H and O–H groups in total. The minimum Gasteiger partial charge on any atom is -0.382 e. The van der Waals surface area contributed by atoms with Gasteiger partial charge < -0.3 is 15.5 Å². The maximum atomic E-state index is 6.06. The second-order valence-electron chi connectivity index (χ2n) is 9.11. The molecule has 5 rings (SSSR count). The van der Waals surface area contributed by atoms with Gasteiger partial charge in [-0.3, -0.25) is 0 Å². The lowest BCUT2D eigenvalue weighted by molar-refractivity contribution is 0.434. The molecule has 1 atom stereocenters. The van der Waals surface area contributed by atoms with E-state index in [0.29, 0.717) is 5.82 Å². The van der Waals surface area contributed by atoms with Crippen LogP contribution in [0.5, 0.6) is 0 Å². The maximum Gasteiger partial charge on any atom is 0.150 e. The fourth-order valence-corrected chi connectivity index (χ4v) is 4.45. The summed E-state index contributed by atoms with van der Waals surface area (Å²) in [6, 6.07) is 20.5. The standard InChI is InChI=1S/C21H15N5.C9H21N.C2H6/c22-21-20-19(24-13-26(20)11-10-23-21)16-7-6-15-8-9-17(25-18(15)12-16)14-4-2-1-3-5-14;1-4-6-7-9(5-2)8-10-3;1-2/h1-13H,(H2,22,23);9-10H,4-8H2,1-3H3;1-2H3. The average Bonchev–Trinajstić information content (AvgIpc) is 3.42. The van der Waals surface area contributed by atoms with Crippen molar-refractivity contribution in [3.8, 4) is 22.5 Å². The molecule has 0 aliphatic carbocycles. The van der Waals surface area contributed by atoms with E-state index in [1.807, 2.05) is 61.8 Å². The first kappa shape index (κ1) is 28.8. The van der Waals surface area contributed by atoms with Crippen LogP contribution in [0.2, 0.25) is 0 Å². The number of anilines is 1. The number of benzene rings is 2. The number of nitrogens with two attached hydrogens (primary N) is 1. The largest absolute Gasteiger partial charge is 0.382 e. The minimum absolute atomic E-state index is 0.464. The molecule has 0 spiro atoms. The van der Waals surface area contributed by atoms with Crippen molar-refractivity contribution in [2.24, 2.45) is 5.92 Å². The fourth-order valence-electron chi connectivity index (χ4n) is 4.45. The van der Waals surface area contributed by atoms with Crippen LogP contribution in [0, 0.1) is 5.92 Å². The highest BCUT2D eigenvalue weighted by Crippen LogP contribution is 2.29. The molecule has 0 aliphatic heterocycles. The summed E-state index contributed by atoms with van der Waals surface area (Å²) in [7, 11) is 2.04. The number of aromatic nitrogens is 4. The molecule has 0 aliphatic rings. The number of pyridine rings is 1. The zero-order chi connectivity index (χ0) is 27.3. The molecule has 0 saturated carbocycles. The average molecular weight is 511 g/mol. The highest BCUT2D eigenvalue weighted by molar-refractivity contribution is 5.91. The Hall–Kier alpha value is -3.77. The van der Waals surface area contributed by atoms with Crippen molar-refractivity contribution in [3.63, 3.8) is 0 Å². The Kier molecular flexibility index (Phi) is 11.2. The molecule has 0 radical (unpaired) electrons.